The number of rotatable bonds is 2. The lowest BCUT2D eigenvalue weighted by Gasteiger charge is -2.10. The van der Waals surface area contributed by atoms with Crippen molar-refractivity contribution in [2.24, 2.45) is 0 Å². The summed E-state index contributed by atoms with van der Waals surface area (Å²) < 4.78 is 3.13. The monoisotopic (exact) mass is 273 g/mol. The molecule has 2 heterocycles. The summed E-state index contributed by atoms with van der Waals surface area (Å²) in [5.74, 6) is 0.638. The van der Waals surface area contributed by atoms with E-state index in [1.807, 2.05) is 30.3 Å². The molecule has 0 saturated carbocycles. The van der Waals surface area contributed by atoms with Gasteiger partial charge in [-0.25, -0.2) is 4.52 Å². The van der Waals surface area contributed by atoms with E-state index < -0.39 is 0 Å². The summed E-state index contributed by atoms with van der Waals surface area (Å²) in [7, 11) is 0. The van der Waals surface area contributed by atoms with Crippen molar-refractivity contribution in [1.29, 1.82) is 0 Å². The third-order valence-electron chi connectivity index (χ3n) is 3.09. The molecule has 0 aliphatic carbocycles. The normalized spacial score (nSPS) is 11.1. The van der Waals surface area contributed by atoms with Crippen LogP contribution in [-0.4, -0.2) is 14.2 Å². The molecule has 5 heteroatoms. The molecule has 19 heavy (non-hydrogen) atoms. The van der Waals surface area contributed by atoms with Crippen LogP contribution in [0.5, 0.6) is 0 Å². The lowest BCUT2D eigenvalue weighted by atomic mass is 10.2. The van der Waals surface area contributed by atoms with E-state index in [0.717, 1.165) is 5.56 Å². The second-order valence-corrected chi connectivity index (χ2v) is 4.76. The zero-order chi connectivity index (χ0) is 13.4. The summed E-state index contributed by atoms with van der Waals surface area (Å²) in [6.07, 6.45) is 0. The quantitative estimate of drug-likeness (QED) is 0.720. The summed E-state index contributed by atoms with van der Waals surface area (Å²) in [4.78, 5) is 12.4. The van der Waals surface area contributed by atoms with Gasteiger partial charge in [-0.2, -0.15) is 5.10 Å². The maximum Gasteiger partial charge on any atom is 0.278 e. The topological polar surface area (TPSA) is 39.3 Å². The Morgan fingerprint density at radius 3 is 2.63 bits per heavy atom. The average Bonchev–Trinajstić information content (AvgIpc) is 2.78. The van der Waals surface area contributed by atoms with E-state index >= 15 is 0 Å². The molecular weight excluding hydrogens is 262 g/mol. The Morgan fingerprint density at radius 1 is 1.16 bits per heavy atom. The highest BCUT2D eigenvalue weighted by atomic mass is 35.5. The second-order valence-electron chi connectivity index (χ2n) is 4.38. The molecule has 1 aromatic carbocycles. The molecule has 0 fully saturated rings. The molecule has 0 aliphatic rings. The van der Waals surface area contributed by atoms with Crippen molar-refractivity contribution in [2.45, 2.75) is 13.5 Å². The third kappa shape index (κ3) is 2.04. The van der Waals surface area contributed by atoms with Crippen LogP contribution in [0.25, 0.3) is 5.52 Å². The second kappa shape index (κ2) is 4.55. The van der Waals surface area contributed by atoms with Crippen LogP contribution in [-0.2, 0) is 6.54 Å². The lowest BCUT2D eigenvalue weighted by Crippen LogP contribution is -2.26. The number of aryl methyl sites for hydroxylation is 1. The molecule has 0 aliphatic heterocycles. The molecule has 0 atom stereocenters. The summed E-state index contributed by atoms with van der Waals surface area (Å²) in [5, 5.41) is 4.79. The SMILES string of the molecule is Cc1nn2c(Cl)ccc2c(=O)n1Cc1ccccc1. The molecule has 0 N–H and O–H groups in total. The Morgan fingerprint density at radius 2 is 1.89 bits per heavy atom. The standard InChI is InChI=1S/C14H12ClN3O/c1-10-16-18-12(7-8-13(18)15)14(19)17(10)9-11-5-3-2-4-6-11/h2-8H,9H2,1H3. The van der Waals surface area contributed by atoms with E-state index in [9.17, 15) is 4.79 Å². The van der Waals surface area contributed by atoms with Crippen molar-refractivity contribution in [3.63, 3.8) is 0 Å². The first-order valence-corrected chi connectivity index (χ1v) is 6.33. The van der Waals surface area contributed by atoms with Gasteiger partial charge in [-0.1, -0.05) is 41.9 Å². The Kier molecular flexibility index (Phi) is 2.87. The predicted molar refractivity (Wildman–Crippen MR) is 74.7 cm³/mol. The number of benzene rings is 1. The van der Waals surface area contributed by atoms with Crippen LogP contribution >= 0.6 is 11.6 Å². The number of fused-ring (bicyclic) bond motifs is 1. The fourth-order valence-corrected chi connectivity index (χ4v) is 2.30. The Hall–Kier alpha value is -2.07. The zero-order valence-electron chi connectivity index (χ0n) is 10.4. The lowest BCUT2D eigenvalue weighted by molar-refractivity contribution is 0.666. The van der Waals surface area contributed by atoms with Crippen molar-refractivity contribution >= 4 is 17.1 Å². The number of hydrogen-bond donors (Lipinski definition) is 0. The first-order chi connectivity index (χ1) is 9.16. The van der Waals surface area contributed by atoms with Crippen molar-refractivity contribution in [3.05, 3.63) is 69.4 Å². The van der Waals surface area contributed by atoms with Crippen LogP contribution < -0.4 is 5.56 Å². The van der Waals surface area contributed by atoms with Gasteiger partial charge in [0.1, 0.15) is 16.5 Å². The average molecular weight is 274 g/mol. The molecule has 96 valence electrons. The minimum atomic E-state index is -0.0803. The van der Waals surface area contributed by atoms with Gasteiger partial charge in [0, 0.05) is 0 Å². The highest BCUT2D eigenvalue weighted by Gasteiger charge is 2.10. The van der Waals surface area contributed by atoms with Crippen LogP contribution in [0.2, 0.25) is 5.15 Å². The fourth-order valence-electron chi connectivity index (χ4n) is 2.10. The van der Waals surface area contributed by atoms with Gasteiger partial charge in [0.2, 0.25) is 0 Å². The minimum absolute atomic E-state index is 0.0803. The van der Waals surface area contributed by atoms with Crippen molar-refractivity contribution in [3.8, 4) is 0 Å². The maximum absolute atomic E-state index is 12.4. The first-order valence-electron chi connectivity index (χ1n) is 5.95. The van der Waals surface area contributed by atoms with E-state index in [-0.39, 0.29) is 5.56 Å². The Balaban J connectivity index is 2.16. The van der Waals surface area contributed by atoms with Crippen LogP contribution in [0.15, 0.2) is 47.3 Å². The number of aromatic nitrogens is 3. The smallest absolute Gasteiger partial charge is 0.278 e. The van der Waals surface area contributed by atoms with Crippen LogP contribution in [0, 0.1) is 6.92 Å². The third-order valence-corrected chi connectivity index (χ3v) is 3.38. The van der Waals surface area contributed by atoms with E-state index in [1.54, 1.807) is 23.6 Å². The minimum Gasteiger partial charge on any atom is -0.289 e. The summed E-state index contributed by atoms with van der Waals surface area (Å²) in [6, 6.07) is 13.2. The summed E-state index contributed by atoms with van der Waals surface area (Å²) >= 11 is 5.98. The molecule has 3 aromatic rings. The molecule has 0 unspecified atom stereocenters. The fraction of sp³-hybridized carbons (Fsp3) is 0.143. The van der Waals surface area contributed by atoms with Crippen molar-refractivity contribution < 1.29 is 0 Å². The van der Waals surface area contributed by atoms with Crippen LogP contribution in [0.1, 0.15) is 11.4 Å². The molecule has 0 saturated heterocycles. The highest BCUT2D eigenvalue weighted by molar-refractivity contribution is 6.29. The van der Waals surface area contributed by atoms with E-state index in [1.165, 1.54) is 4.52 Å². The molecule has 2 aromatic heterocycles. The molecule has 0 amide bonds. The van der Waals surface area contributed by atoms with Crippen molar-refractivity contribution in [2.75, 3.05) is 0 Å². The van der Waals surface area contributed by atoms with Crippen molar-refractivity contribution in [1.82, 2.24) is 14.2 Å². The van der Waals surface area contributed by atoms with Gasteiger partial charge >= 0.3 is 0 Å². The predicted octanol–water partition coefficient (Wildman–Crippen LogP) is 2.51. The highest BCUT2D eigenvalue weighted by Crippen LogP contribution is 2.11. The van der Waals surface area contributed by atoms with Crippen LogP contribution in [0.4, 0.5) is 0 Å². The van der Waals surface area contributed by atoms with E-state index in [2.05, 4.69) is 5.10 Å². The molecule has 0 bridgehead atoms. The molecule has 0 radical (unpaired) electrons. The van der Waals surface area contributed by atoms with E-state index in [0.29, 0.717) is 23.0 Å². The largest absolute Gasteiger partial charge is 0.289 e. The summed E-state index contributed by atoms with van der Waals surface area (Å²) in [5.41, 5.74) is 1.48. The number of hydrogen-bond acceptors (Lipinski definition) is 2. The zero-order valence-corrected chi connectivity index (χ0v) is 11.1. The van der Waals surface area contributed by atoms with Gasteiger partial charge in [0.25, 0.3) is 5.56 Å². The number of nitrogens with zero attached hydrogens (tertiary/aromatic N) is 3. The van der Waals surface area contributed by atoms with Gasteiger partial charge in [0.05, 0.1) is 6.54 Å². The number of halogens is 1. The van der Waals surface area contributed by atoms with Gasteiger partial charge in [0.15, 0.2) is 0 Å². The maximum atomic E-state index is 12.4. The summed E-state index contributed by atoms with van der Waals surface area (Å²) in [6.45, 7) is 2.32. The Labute approximate surface area is 114 Å². The van der Waals surface area contributed by atoms with Gasteiger partial charge in [-0.15, -0.1) is 0 Å². The molecule has 0 spiro atoms. The van der Waals surface area contributed by atoms with Gasteiger partial charge in [-0.05, 0) is 24.6 Å². The van der Waals surface area contributed by atoms with Crippen LogP contribution in [0.3, 0.4) is 0 Å². The first kappa shape index (κ1) is 12.0. The Bertz CT molecular complexity index is 790. The van der Waals surface area contributed by atoms with E-state index in [4.69, 9.17) is 11.6 Å². The van der Waals surface area contributed by atoms with Gasteiger partial charge in [-0.3, -0.25) is 9.36 Å². The van der Waals surface area contributed by atoms with Gasteiger partial charge < -0.3 is 0 Å². The molecule has 3 rings (SSSR count). The molecular formula is C14H12ClN3O. The molecule has 4 nitrogen and oxygen atoms in total.